The Kier molecular flexibility index (Phi) is 6.17. The lowest BCUT2D eigenvalue weighted by atomic mass is 10.0. The normalized spacial score (nSPS) is 26.8. The van der Waals surface area contributed by atoms with Crippen molar-refractivity contribution in [2.75, 3.05) is 26.7 Å². The first kappa shape index (κ1) is 22.2. The number of rotatable bonds is 6. The van der Waals surface area contributed by atoms with Crippen molar-refractivity contribution in [3.05, 3.63) is 35.4 Å². The van der Waals surface area contributed by atoms with E-state index in [1.165, 1.54) is 0 Å². The highest BCUT2D eigenvalue weighted by atomic mass is 16.2. The molecule has 3 amide bonds. The Bertz CT molecular complexity index is 942. The molecule has 3 aliphatic rings. The van der Waals surface area contributed by atoms with Gasteiger partial charge in [-0.3, -0.25) is 19.3 Å². The maximum absolute atomic E-state index is 13.2. The minimum absolute atomic E-state index is 0.0554. The minimum atomic E-state index is -0.737. The van der Waals surface area contributed by atoms with Gasteiger partial charge in [0.05, 0.1) is 24.2 Å². The van der Waals surface area contributed by atoms with Gasteiger partial charge in [-0.2, -0.15) is 5.26 Å². The highest BCUT2D eigenvalue weighted by Gasteiger charge is 2.51. The van der Waals surface area contributed by atoms with Crippen LogP contribution in [0.1, 0.15) is 48.1 Å². The van der Waals surface area contributed by atoms with Gasteiger partial charge in [0.15, 0.2) is 0 Å². The summed E-state index contributed by atoms with van der Waals surface area (Å²) in [6.45, 7) is 3.57. The number of hydrogen-bond donors (Lipinski definition) is 2. The zero-order chi connectivity index (χ0) is 23.0. The van der Waals surface area contributed by atoms with Crippen LogP contribution in [0.3, 0.4) is 0 Å². The van der Waals surface area contributed by atoms with Crippen molar-refractivity contribution >= 4 is 17.7 Å². The Morgan fingerprint density at radius 1 is 1.31 bits per heavy atom. The number of nitrogens with one attached hydrogen (secondary N) is 1. The molecule has 3 N–H and O–H groups in total. The van der Waals surface area contributed by atoms with Gasteiger partial charge in [-0.05, 0) is 43.9 Å². The molecule has 0 saturated carbocycles. The number of carbonyl (C=O) groups excluding carboxylic acids is 3. The molecule has 1 aromatic rings. The number of fused-ring (bicyclic) bond motifs is 2. The smallest absolute Gasteiger partial charge is 0.251 e. The number of benzene rings is 1. The molecule has 2 bridgehead atoms. The molecule has 32 heavy (non-hydrogen) atoms. The molecule has 3 aliphatic heterocycles. The van der Waals surface area contributed by atoms with Gasteiger partial charge in [0, 0.05) is 38.3 Å². The van der Waals surface area contributed by atoms with E-state index >= 15 is 0 Å². The van der Waals surface area contributed by atoms with Crippen LogP contribution in [0.4, 0.5) is 0 Å². The summed E-state index contributed by atoms with van der Waals surface area (Å²) in [5.74, 6) is -0.289. The van der Waals surface area contributed by atoms with E-state index in [0.717, 1.165) is 18.4 Å². The van der Waals surface area contributed by atoms with E-state index < -0.39 is 12.1 Å². The molecule has 5 atom stereocenters. The second-order valence-corrected chi connectivity index (χ2v) is 8.91. The summed E-state index contributed by atoms with van der Waals surface area (Å²) < 4.78 is 0. The lowest BCUT2D eigenvalue weighted by molar-refractivity contribution is -0.140. The molecule has 0 radical (unpaired) electrons. The highest BCUT2D eigenvalue weighted by molar-refractivity contribution is 5.94. The van der Waals surface area contributed by atoms with Gasteiger partial charge >= 0.3 is 0 Å². The van der Waals surface area contributed by atoms with Crippen molar-refractivity contribution in [1.82, 2.24) is 20.0 Å². The first-order chi connectivity index (χ1) is 15.3. The Labute approximate surface area is 188 Å². The summed E-state index contributed by atoms with van der Waals surface area (Å²) >= 11 is 0. The fourth-order valence-corrected chi connectivity index (χ4v) is 5.33. The SMILES string of the molecule is CNC(=O)c1ccc([C@@H](C)N2C(=O)[C@@H]3CC2CN3C[C@H](N)C(=O)N2CCC[C@H]2C#N)cc1. The van der Waals surface area contributed by atoms with Gasteiger partial charge in [-0.1, -0.05) is 12.1 Å². The van der Waals surface area contributed by atoms with Crippen LogP contribution in [0.5, 0.6) is 0 Å². The van der Waals surface area contributed by atoms with Crippen LogP contribution in [0.25, 0.3) is 0 Å². The second-order valence-electron chi connectivity index (χ2n) is 8.91. The maximum atomic E-state index is 13.2. The molecule has 9 nitrogen and oxygen atoms in total. The van der Waals surface area contributed by atoms with Crippen molar-refractivity contribution in [2.45, 2.75) is 56.4 Å². The first-order valence-electron chi connectivity index (χ1n) is 11.2. The van der Waals surface area contributed by atoms with E-state index in [1.54, 1.807) is 24.1 Å². The summed E-state index contributed by atoms with van der Waals surface area (Å²) in [7, 11) is 1.59. The number of likely N-dealkylation sites (tertiary alicyclic amines) is 3. The molecule has 170 valence electrons. The lowest BCUT2D eigenvalue weighted by Gasteiger charge is -2.38. The molecule has 4 rings (SSSR count). The summed E-state index contributed by atoms with van der Waals surface area (Å²) in [5.41, 5.74) is 7.77. The van der Waals surface area contributed by atoms with E-state index in [1.807, 2.05) is 28.9 Å². The molecule has 3 saturated heterocycles. The quantitative estimate of drug-likeness (QED) is 0.656. The van der Waals surface area contributed by atoms with E-state index in [2.05, 4.69) is 11.4 Å². The predicted molar refractivity (Wildman–Crippen MR) is 117 cm³/mol. The minimum Gasteiger partial charge on any atom is -0.355 e. The van der Waals surface area contributed by atoms with Gasteiger partial charge in [0.25, 0.3) is 5.91 Å². The van der Waals surface area contributed by atoms with E-state index in [4.69, 9.17) is 5.73 Å². The third kappa shape index (κ3) is 3.85. The topological polar surface area (TPSA) is 123 Å². The summed E-state index contributed by atoms with van der Waals surface area (Å²) in [5, 5.41) is 11.8. The van der Waals surface area contributed by atoms with Crippen LogP contribution in [0.2, 0.25) is 0 Å². The molecule has 3 fully saturated rings. The Hall–Kier alpha value is -2.96. The standard InChI is InChI=1S/C23H30N6O3/c1-14(15-5-7-16(8-6-15)21(30)26-2)29-18-10-20(23(29)32)27(12-18)13-19(25)22(31)28-9-3-4-17(28)11-24/h5-8,14,17-20H,3-4,9-10,12-13,25H2,1-2H3,(H,26,30)/t14-,17+,18?,19+,20+/m1/s1. The fourth-order valence-electron chi connectivity index (χ4n) is 5.33. The third-order valence-corrected chi connectivity index (χ3v) is 7.05. The predicted octanol–water partition coefficient (Wildman–Crippen LogP) is 0.234. The molecular weight excluding hydrogens is 408 g/mol. The van der Waals surface area contributed by atoms with Crippen molar-refractivity contribution in [3.63, 3.8) is 0 Å². The number of amides is 3. The van der Waals surface area contributed by atoms with Crippen LogP contribution in [-0.2, 0) is 9.59 Å². The van der Waals surface area contributed by atoms with E-state index in [9.17, 15) is 19.6 Å². The number of nitriles is 1. The van der Waals surface area contributed by atoms with Gasteiger partial charge in [-0.15, -0.1) is 0 Å². The molecule has 0 aromatic heterocycles. The van der Waals surface area contributed by atoms with E-state index in [0.29, 0.717) is 31.6 Å². The van der Waals surface area contributed by atoms with Gasteiger partial charge in [-0.25, -0.2) is 0 Å². The molecule has 3 heterocycles. The average molecular weight is 439 g/mol. The van der Waals surface area contributed by atoms with Crippen LogP contribution in [0, 0.1) is 11.3 Å². The fraction of sp³-hybridized carbons (Fsp3) is 0.565. The monoisotopic (exact) mass is 438 g/mol. The zero-order valence-corrected chi connectivity index (χ0v) is 18.5. The summed E-state index contributed by atoms with van der Waals surface area (Å²) in [6.07, 6.45) is 2.24. The average Bonchev–Trinajstić information content (AvgIpc) is 3.52. The summed E-state index contributed by atoms with van der Waals surface area (Å²) in [4.78, 5) is 43.2. The van der Waals surface area contributed by atoms with Crippen LogP contribution in [0.15, 0.2) is 24.3 Å². The maximum Gasteiger partial charge on any atom is 0.251 e. The highest BCUT2D eigenvalue weighted by Crippen LogP contribution is 2.38. The number of piperazine rings is 1. The third-order valence-electron chi connectivity index (χ3n) is 7.05. The first-order valence-corrected chi connectivity index (χ1v) is 11.2. The van der Waals surface area contributed by atoms with Crippen molar-refractivity contribution < 1.29 is 14.4 Å². The molecule has 1 unspecified atom stereocenters. The Morgan fingerprint density at radius 2 is 2.03 bits per heavy atom. The number of nitrogens with zero attached hydrogens (tertiary/aromatic N) is 4. The Balaban J connectivity index is 1.38. The van der Waals surface area contributed by atoms with Crippen LogP contribution in [-0.4, -0.2) is 83.3 Å². The second kappa shape index (κ2) is 8.88. The lowest BCUT2D eigenvalue weighted by Crippen LogP contribution is -2.56. The molecule has 0 spiro atoms. The van der Waals surface area contributed by atoms with Crippen molar-refractivity contribution in [2.24, 2.45) is 5.73 Å². The van der Waals surface area contributed by atoms with Crippen LogP contribution >= 0.6 is 0 Å². The van der Waals surface area contributed by atoms with E-state index in [-0.39, 0.29) is 35.8 Å². The zero-order valence-electron chi connectivity index (χ0n) is 18.5. The Morgan fingerprint density at radius 3 is 2.66 bits per heavy atom. The number of nitrogens with two attached hydrogens (primary N) is 1. The largest absolute Gasteiger partial charge is 0.355 e. The molecule has 9 heteroatoms. The van der Waals surface area contributed by atoms with Crippen molar-refractivity contribution in [3.8, 4) is 6.07 Å². The molecule has 1 aromatic carbocycles. The summed E-state index contributed by atoms with van der Waals surface area (Å²) in [6, 6.07) is 8.08. The van der Waals surface area contributed by atoms with Crippen molar-refractivity contribution in [1.29, 1.82) is 5.26 Å². The van der Waals surface area contributed by atoms with Gasteiger partial charge in [0.2, 0.25) is 11.8 Å². The van der Waals surface area contributed by atoms with Gasteiger partial charge in [0.1, 0.15) is 6.04 Å². The molecular formula is C23H30N6O3. The van der Waals surface area contributed by atoms with Gasteiger partial charge < -0.3 is 20.9 Å². The number of hydrogen-bond acceptors (Lipinski definition) is 6. The van der Waals surface area contributed by atoms with Crippen LogP contribution < -0.4 is 11.1 Å². The number of carbonyl (C=O) groups is 3. The molecule has 0 aliphatic carbocycles.